The fourth-order valence-electron chi connectivity index (χ4n) is 3.31. The van der Waals surface area contributed by atoms with E-state index in [-0.39, 0.29) is 22.5 Å². The molecule has 2 atom stereocenters. The van der Waals surface area contributed by atoms with Gasteiger partial charge < -0.3 is 10.1 Å². The van der Waals surface area contributed by atoms with Crippen molar-refractivity contribution in [3.05, 3.63) is 53.1 Å². The maximum absolute atomic E-state index is 13.8. The van der Waals surface area contributed by atoms with Gasteiger partial charge in [-0.05, 0) is 30.3 Å². The average molecular weight is 482 g/mol. The normalized spacial score (nSPS) is 20.1. The summed E-state index contributed by atoms with van der Waals surface area (Å²) in [5.41, 5.74) is 6.18. The zero-order chi connectivity index (χ0) is 22.8. The van der Waals surface area contributed by atoms with Crippen molar-refractivity contribution in [3.63, 3.8) is 0 Å². The summed E-state index contributed by atoms with van der Waals surface area (Å²) in [4.78, 5) is 31.5. The lowest BCUT2D eigenvalue weighted by Crippen LogP contribution is -2.49. The van der Waals surface area contributed by atoms with E-state index >= 15 is 0 Å². The summed E-state index contributed by atoms with van der Waals surface area (Å²) < 4.78 is 32.0. The second-order valence-electron chi connectivity index (χ2n) is 6.94. The number of carbonyl (C=O) groups excluding carboxylic acids is 2. The van der Waals surface area contributed by atoms with E-state index in [2.05, 4.69) is 21.2 Å². The molecule has 2 aliphatic heterocycles. The van der Waals surface area contributed by atoms with Crippen LogP contribution in [0.25, 0.3) is 0 Å². The first-order valence-corrected chi connectivity index (χ1v) is 10.8. The molecule has 2 unspecified atom stereocenters. The molecule has 4 rings (SSSR count). The molecule has 2 aromatic carbocycles. The highest BCUT2D eigenvalue weighted by atomic mass is 35.5. The summed E-state index contributed by atoms with van der Waals surface area (Å²) >= 11 is 7.25. The largest absolute Gasteiger partial charge is 0.495 e. The number of ether oxygens (including phenoxy) is 1. The third-order valence-corrected chi connectivity index (χ3v) is 6.11. The number of amidine groups is 1. The van der Waals surface area contributed by atoms with Crippen LogP contribution < -0.4 is 25.8 Å². The molecule has 3 N–H and O–H groups in total. The lowest BCUT2D eigenvalue weighted by molar-refractivity contribution is -0.121. The number of methoxy groups -OCH3 is 1. The second-order valence-corrected chi connectivity index (χ2v) is 8.29. The number of fused-ring (bicyclic) bond motifs is 1. The molecule has 2 heterocycles. The summed E-state index contributed by atoms with van der Waals surface area (Å²) in [6.45, 7) is 0.398. The fraction of sp³-hybridized carbons (Fsp3) is 0.250. The number of aliphatic imine (C=N–C) groups is 1. The van der Waals surface area contributed by atoms with Crippen LogP contribution in [0.3, 0.4) is 0 Å². The molecule has 2 aromatic rings. The molecule has 1 saturated heterocycles. The molecule has 2 aliphatic rings. The minimum absolute atomic E-state index is 0.140. The van der Waals surface area contributed by atoms with E-state index in [1.807, 2.05) is 0 Å². The highest BCUT2D eigenvalue weighted by Crippen LogP contribution is 2.34. The predicted molar refractivity (Wildman–Crippen MR) is 119 cm³/mol. The topological polar surface area (TPSA) is 95.1 Å². The molecule has 0 aliphatic carbocycles. The summed E-state index contributed by atoms with van der Waals surface area (Å²) in [7, 11) is 1.48. The van der Waals surface area contributed by atoms with Crippen molar-refractivity contribution < 1.29 is 23.1 Å². The number of amides is 2. The molecule has 168 valence electrons. The highest BCUT2D eigenvalue weighted by molar-refractivity contribution is 8.14. The van der Waals surface area contributed by atoms with E-state index in [1.54, 1.807) is 18.2 Å². The zero-order valence-corrected chi connectivity index (χ0v) is 18.3. The Morgan fingerprint density at radius 2 is 2.16 bits per heavy atom. The first kappa shape index (κ1) is 22.5. The number of anilines is 2. The molecular formula is C20H18ClF2N5O3S. The average Bonchev–Trinajstić information content (AvgIpc) is 3.23. The third kappa shape index (κ3) is 4.56. The molecule has 8 nitrogen and oxygen atoms in total. The lowest BCUT2D eigenvalue weighted by Gasteiger charge is -2.32. The van der Waals surface area contributed by atoms with Crippen LogP contribution >= 0.6 is 23.4 Å². The van der Waals surface area contributed by atoms with Crippen molar-refractivity contribution in [1.29, 1.82) is 0 Å². The smallest absolute Gasteiger partial charge is 0.241 e. The Hall–Kier alpha value is -2.73. The maximum Gasteiger partial charge on any atom is 0.241 e. The number of hydrogen-bond donors (Lipinski definition) is 3. The van der Waals surface area contributed by atoms with Crippen molar-refractivity contribution >= 4 is 51.7 Å². The number of hydrogen-bond acceptors (Lipinski definition) is 7. The van der Waals surface area contributed by atoms with Crippen LogP contribution in [0.2, 0.25) is 5.02 Å². The van der Waals surface area contributed by atoms with Gasteiger partial charge in [-0.3, -0.25) is 19.9 Å². The molecule has 0 saturated carbocycles. The van der Waals surface area contributed by atoms with E-state index in [4.69, 9.17) is 16.3 Å². The maximum atomic E-state index is 13.8. The molecule has 0 radical (unpaired) electrons. The predicted octanol–water partition coefficient (Wildman–Crippen LogP) is 2.75. The number of nitrogens with one attached hydrogen (secondary N) is 3. The Morgan fingerprint density at radius 3 is 2.88 bits per heavy atom. The first-order valence-electron chi connectivity index (χ1n) is 9.49. The third-order valence-electron chi connectivity index (χ3n) is 4.86. The zero-order valence-electron chi connectivity index (χ0n) is 16.7. The molecule has 12 heteroatoms. The van der Waals surface area contributed by atoms with E-state index in [9.17, 15) is 18.4 Å². The molecule has 32 heavy (non-hydrogen) atoms. The Kier molecular flexibility index (Phi) is 6.60. The van der Waals surface area contributed by atoms with E-state index in [1.165, 1.54) is 12.0 Å². The first-order chi connectivity index (χ1) is 15.4. The number of thioether (sulfide) groups is 1. The molecular weight excluding hydrogens is 464 g/mol. The van der Waals surface area contributed by atoms with Gasteiger partial charge in [0.15, 0.2) is 5.17 Å². The summed E-state index contributed by atoms with van der Waals surface area (Å²) in [5, 5.41) is 2.98. The minimum atomic E-state index is -0.882. The van der Waals surface area contributed by atoms with Crippen LogP contribution in [0.5, 0.6) is 5.75 Å². The molecule has 0 aromatic heterocycles. The van der Waals surface area contributed by atoms with Crippen LogP contribution in [-0.2, 0) is 9.59 Å². The minimum Gasteiger partial charge on any atom is -0.495 e. The van der Waals surface area contributed by atoms with Crippen LogP contribution in [0.4, 0.5) is 20.2 Å². The van der Waals surface area contributed by atoms with Crippen molar-refractivity contribution in [1.82, 2.24) is 10.9 Å². The molecule has 0 bridgehead atoms. The number of hydrazine groups is 1. The van der Waals surface area contributed by atoms with E-state index in [0.29, 0.717) is 29.1 Å². The van der Waals surface area contributed by atoms with Gasteiger partial charge in [0.1, 0.15) is 23.5 Å². The second kappa shape index (κ2) is 9.41. The Morgan fingerprint density at radius 1 is 1.34 bits per heavy atom. The van der Waals surface area contributed by atoms with Gasteiger partial charge in [-0.1, -0.05) is 23.4 Å². The monoisotopic (exact) mass is 481 g/mol. The van der Waals surface area contributed by atoms with Gasteiger partial charge in [-0.15, -0.1) is 0 Å². The molecule has 2 amide bonds. The Balaban J connectivity index is 1.54. The van der Waals surface area contributed by atoms with Gasteiger partial charge in [0.05, 0.1) is 35.2 Å². The molecule has 0 spiro atoms. The van der Waals surface area contributed by atoms with Crippen molar-refractivity contribution in [2.24, 2.45) is 10.9 Å². The van der Waals surface area contributed by atoms with E-state index in [0.717, 1.165) is 23.9 Å². The van der Waals surface area contributed by atoms with Gasteiger partial charge in [-0.2, -0.15) is 0 Å². The van der Waals surface area contributed by atoms with E-state index < -0.39 is 29.6 Å². The number of rotatable bonds is 5. The highest BCUT2D eigenvalue weighted by Gasteiger charge is 2.42. The molecule has 1 fully saturated rings. The number of carbonyl (C=O) groups is 2. The quantitative estimate of drug-likeness (QED) is 0.608. The standard InChI is InChI=1S/C20H18ClF2N5O3S/c1-31-16-5-3-11(7-13(16)21)28-19(30)12-8-24-27-18(12)26-20(28)32-9-17(29)25-15-4-2-10(22)6-14(15)23/h2-7,12,18,24,27H,8-9H2,1H3,(H,25,29). The van der Waals surface area contributed by atoms with Crippen molar-refractivity contribution in [3.8, 4) is 5.75 Å². The fourth-order valence-corrected chi connectivity index (χ4v) is 4.41. The van der Waals surface area contributed by atoms with Gasteiger partial charge >= 0.3 is 0 Å². The van der Waals surface area contributed by atoms with Gasteiger partial charge in [0.25, 0.3) is 0 Å². The Bertz CT molecular complexity index is 1100. The van der Waals surface area contributed by atoms with Gasteiger partial charge in [0.2, 0.25) is 11.8 Å². The Labute approximate surface area is 191 Å². The summed E-state index contributed by atoms with van der Waals surface area (Å²) in [6.07, 6.45) is -0.479. The van der Waals surface area contributed by atoms with Crippen molar-refractivity contribution in [2.45, 2.75) is 6.17 Å². The number of benzene rings is 2. The van der Waals surface area contributed by atoms with Crippen LogP contribution in [0, 0.1) is 17.6 Å². The summed E-state index contributed by atoms with van der Waals surface area (Å²) in [5.74, 6) is -2.51. The van der Waals surface area contributed by atoms with Crippen molar-refractivity contribution in [2.75, 3.05) is 29.6 Å². The van der Waals surface area contributed by atoms with Crippen LogP contribution in [0.1, 0.15) is 0 Å². The number of nitrogens with zero attached hydrogens (tertiary/aromatic N) is 2. The van der Waals surface area contributed by atoms with Crippen LogP contribution in [-0.4, -0.2) is 42.6 Å². The number of halogens is 3. The lowest BCUT2D eigenvalue weighted by atomic mass is 10.0. The van der Waals surface area contributed by atoms with Crippen LogP contribution in [0.15, 0.2) is 41.4 Å². The van der Waals surface area contributed by atoms with Gasteiger partial charge in [0, 0.05) is 12.6 Å². The van der Waals surface area contributed by atoms with Gasteiger partial charge in [-0.25, -0.2) is 19.2 Å². The SMILES string of the molecule is COc1ccc(N2C(=O)C3CNNC3N=C2SCC(=O)Nc2ccc(F)cc2F)cc1Cl. The summed E-state index contributed by atoms with van der Waals surface area (Å²) in [6, 6.07) is 7.75.